The van der Waals surface area contributed by atoms with E-state index in [-0.39, 0.29) is 16.2 Å². The first-order valence-electron chi connectivity index (χ1n) is 10.1. The van der Waals surface area contributed by atoms with E-state index in [0.717, 1.165) is 10.9 Å². The summed E-state index contributed by atoms with van der Waals surface area (Å²) in [4.78, 5) is 28.1. The molecule has 1 heterocycles. The summed E-state index contributed by atoms with van der Waals surface area (Å²) in [5, 5.41) is 7.40. The molecule has 178 valence electrons. The molecule has 2 N–H and O–H groups in total. The minimum Gasteiger partial charge on any atom is -0.496 e. The zero-order valence-electron chi connectivity index (χ0n) is 18.8. The van der Waals surface area contributed by atoms with Gasteiger partial charge in [0.25, 0.3) is 5.91 Å². The van der Waals surface area contributed by atoms with Crippen LogP contribution < -0.4 is 15.7 Å². The molecule has 2 aromatic carbocycles. The topological polar surface area (TPSA) is 123 Å². The molecule has 0 bridgehead atoms. The molecule has 0 aliphatic carbocycles. The molecule has 0 atom stereocenters. The van der Waals surface area contributed by atoms with Gasteiger partial charge in [0.2, 0.25) is 0 Å². The lowest BCUT2D eigenvalue weighted by Crippen LogP contribution is -2.17. The molecule has 3 aromatic rings. The third-order valence-electron chi connectivity index (χ3n) is 4.94. The minimum atomic E-state index is -3.34. The van der Waals surface area contributed by atoms with Crippen LogP contribution in [-0.2, 0) is 9.84 Å². The van der Waals surface area contributed by atoms with Gasteiger partial charge >= 0.3 is 5.69 Å². The number of aromatic nitrogens is 3. The Balaban J connectivity index is 1.91. The van der Waals surface area contributed by atoms with Crippen molar-refractivity contribution in [3.8, 4) is 11.4 Å². The molecule has 0 spiro atoms. The van der Waals surface area contributed by atoms with Crippen LogP contribution in [0, 0.1) is 0 Å². The van der Waals surface area contributed by atoms with E-state index in [4.69, 9.17) is 16.3 Å². The summed E-state index contributed by atoms with van der Waals surface area (Å²) in [6, 6.07) is 10.4. The van der Waals surface area contributed by atoms with Crippen LogP contribution in [0.4, 0.5) is 5.69 Å². The monoisotopic (exact) mass is 502 g/mol. The Morgan fingerprint density at radius 3 is 2.50 bits per heavy atom. The lowest BCUT2D eigenvalue weighted by Gasteiger charge is -2.11. The van der Waals surface area contributed by atoms with Gasteiger partial charge in [0.15, 0.2) is 15.7 Å². The number of anilines is 1. The number of sulfone groups is 1. The Labute approximate surface area is 201 Å². The lowest BCUT2D eigenvalue weighted by atomic mass is 10.1. The molecule has 0 aliphatic heterocycles. The highest BCUT2D eigenvalue weighted by Gasteiger charge is 2.17. The molecule has 0 aliphatic rings. The fourth-order valence-electron chi connectivity index (χ4n) is 3.19. The fourth-order valence-corrected chi connectivity index (χ4v) is 4.04. The zero-order chi connectivity index (χ0) is 25.0. The van der Waals surface area contributed by atoms with Crippen molar-refractivity contribution in [2.45, 2.75) is 18.2 Å². The maximum absolute atomic E-state index is 12.8. The second-order valence-electron chi connectivity index (χ2n) is 7.21. The fraction of sp³-hybridized carbons (Fsp3) is 0.174. The van der Waals surface area contributed by atoms with Gasteiger partial charge in [-0.3, -0.25) is 9.78 Å². The molecular formula is C23H23ClN4O5S. The highest BCUT2D eigenvalue weighted by atomic mass is 35.5. The van der Waals surface area contributed by atoms with Gasteiger partial charge in [-0.05, 0) is 42.8 Å². The first-order valence-corrected chi connectivity index (χ1v) is 12.4. The average Bonchev–Trinajstić information content (AvgIpc) is 3.19. The Kier molecular flexibility index (Phi) is 7.43. The van der Waals surface area contributed by atoms with E-state index in [9.17, 15) is 18.0 Å². The molecule has 9 nitrogen and oxygen atoms in total. The number of nitrogens with one attached hydrogen (secondary N) is 2. The molecule has 1 amide bonds. The second-order valence-corrected chi connectivity index (χ2v) is 9.63. The summed E-state index contributed by atoms with van der Waals surface area (Å²) in [5.41, 5.74) is 1.15. The van der Waals surface area contributed by atoms with E-state index >= 15 is 0 Å². The van der Waals surface area contributed by atoms with E-state index in [1.165, 1.54) is 49.6 Å². The highest BCUT2D eigenvalue weighted by molar-refractivity contribution is 7.90. The normalized spacial score (nSPS) is 12.1. The van der Waals surface area contributed by atoms with Crippen molar-refractivity contribution in [3.05, 3.63) is 82.0 Å². The number of methoxy groups -OCH3 is 1. The third kappa shape index (κ3) is 5.29. The Hall–Kier alpha value is -3.63. The van der Waals surface area contributed by atoms with Crippen molar-refractivity contribution in [1.29, 1.82) is 0 Å². The standard InChI is InChI=1S/C23H23ClN4O5S/c1-5-17(19(24)6-2)21-26-23(30)28(27-21)15-9-12-18(20(13-15)33-3)22(29)25-14-7-10-16(11-8-14)34(4,31)32/h6-13H,2,5H2,1,3-4H3,(H,25,29)(H,26,27,30). The largest absolute Gasteiger partial charge is 0.496 e. The Morgan fingerprint density at radius 1 is 1.26 bits per heavy atom. The molecule has 0 radical (unpaired) electrons. The quantitative estimate of drug-likeness (QED) is 0.452. The summed E-state index contributed by atoms with van der Waals surface area (Å²) in [6.07, 6.45) is 3.11. The first kappa shape index (κ1) is 25.0. The smallest absolute Gasteiger partial charge is 0.348 e. The number of allylic oxidation sites excluding steroid dienone is 3. The van der Waals surface area contributed by atoms with Gasteiger partial charge < -0.3 is 10.1 Å². The van der Waals surface area contributed by atoms with Crippen LogP contribution in [-0.4, -0.2) is 42.5 Å². The summed E-state index contributed by atoms with van der Waals surface area (Å²) in [5.74, 6) is 0.0600. The van der Waals surface area contributed by atoms with Gasteiger partial charge in [-0.1, -0.05) is 31.2 Å². The van der Waals surface area contributed by atoms with Crippen molar-refractivity contribution in [1.82, 2.24) is 14.8 Å². The van der Waals surface area contributed by atoms with Gasteiger partial charge in [0.05, 0.1) is 23.3 Å². The van der Waals surface area contributed by atoms with Crippen LogP contribution >= 0.6 is 11.6 Å². The number of hydrogen-bond acceptors (Lipinski definition) is 6. The first-order chi connectivity index (χ1) is 16.1. The van der Waals surface area contributed by atoms with Crippen molar-refractivity contribution in [2.75, 3.05) is 18.7 Å². The van der Waals surface area contributed by atoms with Gasteiger partial charge in [-0.25, -0.2) is 13.2 Å². The third-order valence-corrected chi connectivity index (χ3v) is 6.45. The average molecular weight is 503 g/mol. The van der Waals surface area contributed by atoms with E-state index < -0.39 is 21.4 Å². The number of aromatic amines is 1. The van der Waals surface area contributed by atoms with E-state index in [0.29, 0.717) is 34.2 Å². The number of amides is 1. The SMILES string of the molecule is C=CC(Cl)=C(CC)c1nn(-c2ccc(C(=O)Nc3ccc(S(C)(=O)=O)cc3)c(OC)c2)c(=O)[nH]1. The maximum Gasteiger partial charge on any atom is 0.348 e. The second kappa shape index (κ2) is 10.1. The van der Waals surface area contributed by atoms with E-state index in [2.05, 4.69) is 22.0 Å². The van der Waals surface area contributed by atoms with Crippen LogP contribution in [0.15, 0.2) is 69.8 Å². The van der Waals surface area contributed by atoms with Crippen LogP contribution in [0.5, 0.6) is 5.75 Å². The Bertz CT molecular complexity index is 1440. The predicted molar refractivity (Wildman–Crippen MR) is 132 cm³/mol. The summed E-state index contributed by atoms with van der Waals surface area (Å²) in [6.45, 7) is 5.52. The number of carbonyl (C=O) groups excluding carboxylic acids is 1. The van der Waals surface area contributed by atoms with E-state index in [1.807, 2.05) is 6.92 Å². The summed E-state index contributed by atoms with van der Waals surface area (Å²) in [7, 11) is -1.94. The van der Waals surface area contributed by atoms with Gasteiger partial charge in [-0.2, -0.15) is 4.68 Å². The zero-order valence-corrected chi connectivity index (χ0v) is 20.3. The van der Waals surface area contributed by atoms with Gasteiger partial charge in [0, 0.05) is 28.6 Å². The van der Waals surface area contributed by atoms with Crippen molar-refractivity contribution in [2.24, 2.45) is 0 Å². The van der Waals surface area contributed by atoms with Crippen LogP contribution in [0.25, 0.3) is 11.3 Å². The van der Waals surface area contributed by atoms with Crippen molar-refractivity contribution in [3.63, 3.8) is 0 Å². The van der Waals surface area contributed by atoms with Crippen LogP contribution in [0.3, 0.4) is 0 Å². The minimum absolute atomic E-state index is 0.145. The molecule has 0 saturated carbocycles. The highest BCUT2D eigenvalue weighted by Crippen LogP contribution is 2.25. The number of H-pyrrole nitrogens is 1. The molecule has 11 heteroatoms. The molecule has 3 rings (SSSR count). The van der Waals surface area contributed by atoms with Gasteiger partial charge in [-0.15, -0.1) is 5.10 Å². The molecule has 0 fully saturated rings. The maximum atomic E-state index is 12.8. The lowest BCUT2D eigenvalue weighted by molar-refractivity contribution is 0.102. The summed E-state index contributed by atoms with van der Waals surface area (Å²) < 4.78 is 29.7. The van der Waals surface area contributed by atoms with Crippen LogP contribution in [0.1, 0.15) is 29.5 Å². The summed E-state index contributed by atoms with van der Waals surface area (Å²) >= 11 is 6.17. The molecule has 0 saturated heterocycles. The number of halogens is 1. The number of rotatable bonds is 8. The molecule has 34 heavy (non-hydrogen) atoms. The number of benzene rings is 2. The van der Waals surface area contributed by atoms with Crippen LogP contribution in [0.2, 0.25) is 0 Å². The van der Waals surface area contributed by atoms with E-state index in [1.54, 1.807) is 6.07 Å². The van der Waals surface area contributed by atoms with Crippen molar-refractivity contribution < 1.29 is 17.9 Å². The van der Waals surface area contributed by atoms with Crippen molar-refractivity contribution >= 4 is 38.6 Å². The number of nitrogens with zero attached hydrogens (tertiary/aromatic N) is 2. The number of hydrogen-bond donors (Lipinski definition) is 2. The molecular weight excluding hydrogens is 480 g/mol. The Morgan fingerprint density at radius 2 is 1.94 bits per heavy atom. The molecule has 0 unspecified atom stereocenters. The predicted octanol–water partition coefficient (Wildman–Crippen LogP) is 3.77. The van der Waals surface area contributed by atoms with Gasteiger partial charge in [0.1, 0.15) is 5.75 Å². The molecule has 1 aromatic heterocycles. The number of carbonyl (C=O) groups is 1. The number of ether oxygens (including phenoxy) is 1.